The molecule has 3 rings (SSSR count). The molecule has 0 unspecified atom stereocenters. The number of carbonyl (C=O) groups excluding carboxylic acids is 2. The molecule has 1 amide bonds. The van der Waals surface area contributed by atoms with E-state index in [1.165, 1.54) is 35.9 Å². The fraction of sp³-hybridized carbons (Fsp3) is 0.353. The first-order chi connectivity index (χ1) is 11.5. The number of hydrogen-bond acceptors (Lipinski definition) is 5. The number of esters is 1. The van der Waals surface area contributed by atoms with Crippen LogP contribution >= 0.6 is 11.8 Å². The second kappa shape index (κ2) is 6.39. The minimum Gasteiger partial charge on any atom is -0.466 e. The third-order valence-corrected chi connectivity index (χ3v) is 5.41. The number of thioether (sulfide) groups is 1. The highest BCUT2D eigenvalue weighted by Crippen LogP contribution is 2.43. The van der Waals surface area contributed by atoms with E-state index in [0.717, 1.165) is 0 Å². The first-order valence-electron chi connectivity index (χ1n) is 7.60. The first-order valence-corrected chi connectivity index (χ1v) is 8.48. The number of fused-ring (bicyclic) bond motifs is 1. The van der Waals surface area contributed by atoms with Gasteiger partial charge in [-0.25, -0.2) is 14.2 Å². The Morgan fingerprint density at radius 1 is 1.46 bits per heavy atom. The van der Waals surface area contributed by atoms with Gasteiger partial charge in [-0.3, -0.25) is 9.69 Å². The predicted octanol–water partition coefficient (Wildman–Crippen LogP) is 3.04. The summed E-state index contributed by atoms with van der Waals surface area (Å²) in [5.41, 5.74) is 1.27. The van der Waals surface area contributed by atoms with Crippen molar-refractivity contribution in [2.24, 2.45) is 4.99 Å². The molecule has 24 heavy (non-hydrogen) atoms. The largest absolute Gasteiger partial charge is 0.466 e. The van der Waals surface area contributed by atoms with Gasteiger partial charge in [-0.05, 0) is 31.0 Å². The predicted molar refractivity (Wildman–Crippen MR) is 89.8 cm³/mol. The Hall–Kier alpha value is -2.15. The number of halogens is 1. The van der Waals surface area contributed by atoms with E-state index in [1.54, 1.807) is 19.1 Å². The summed E-state index contributed by atoms with van der Waals surface area (Å²) in [4.78, 5) is 31.0. The van der Waals surface area contributed by atoms with Gasteiger partial charge in [0.2, 0.25) is 5.91 Å². The lowest BCUT2D eigenvalue weighted by Crippen LogP contribution is -2.40. The Morgan fingerprint density at radius 3 is 2.83 bits per heavy atom. The summed E-state index contributed by atoms with van der Waals surface area (Å²) in [6.45, 7) is 3.63. The van der Waals surface area contributed by atoms with E-state index in [4.69, 9.17) is 4.74 Å². The van der Waals surface area contributed by atoms with Crippen LogP contribution in [0, 0.1) is 5.82 Å². The number of amides is 1. The molecule has 0 radical (unpaired) electrons. The highest BCUT2D eigenvalue weighted by Gasteiger charge is 2.47. The van der Waals surface area contributed by atoms with Crippen LogP contribution in [0.2, 0.25) is 0 Å². The molecule has 0 aliphatic carbocycles. The zero-order chi connectivity index (χ0) is 17.4. The molecule has 2 aliphatic heterocycles. The maximum absolute atomic E-state index is 13.7. The third-order valence-electron chi connectivity index (χ3n) is 4.09. The molecule has 1 aromatic carbocycles. The molecule has 5 nitrogen and oxygen atoms in total. The van der Waals surface area contributed by atoms with Gasteiger partial charge in [0.05, 0.1) is 29.7 Å². The molecule has 2 atom stereocenters. The summed E-state index contributed by atoms with van der Waals surface area (Å²) < 4.78 is 18.6. The summed E-state index contributed by atoms with van der Waals surface area (Å²) >= 11 is 1.38. The minimum absolute atomic E-state index is 0.121. The van der Waals surface area contributed by atoms with E-state index in [2.05, 4.69) is 4.99 Å². The third kappa shape index (κ3) is 2.62. The summed E-state index contributed by atoms with van der Waals surface area (Å²) in [7, 11) is 1.28. The van der Waals surface area contributed by atoms with Crippen LogP contribution in [0.15, 0.2) is 40.5 Å². The quantitative estimate of drug-likeness (QED) is 0.788. The van der Waals surface area contributed by atoms with Gasteiger partial charge < -0.3 is 4.74 Å². The topological polar surface area (TPSA) is 59.0 Å². The molecule has 7 heteroatoms. The summed E-state index contributed by atoms with van der Waals surface area (Å²) in [5.74, 6) is -1.11. The van der Waals surface area contributed by atoms with E-state index >= 15 is 0 Å². The SMILES string of the molecule is CC[C@H]1SC2=NC(C)=C(C(=O)OC)[C@H](c3cccc(F)c3)N2C1=O. The second-order valence-electron chi connectivity index (χ2n) is 5.57. The van der Waals surface area contributed by atoms with Crippen molar-refractivity contribution in [2.75, 3.05) is 7.11 Å². The number of benzene rings is 1. The maximum atomic E-state index is 13.7. The summed E-state index contributed by atoms with van der Waals surface area (Å²) in [6.07, 6.45) is 0.654. The molecule has 2 aliphatic rings. The Bertz CT molecular complexity index is 775. The van der Waals surface area contributed by atoms with Gasteiger partial charge >= 0.3 is 5.97 Å². The van der Waals surface area contributed by atoms with Crippen molar-refractivity contribution in [3.05, 3.63) is 46.9 Å². The molecule has 1 aromatic rings. The Balaban J connectivity index is 2.17. The number of rotatable bonds is 3. The van der Waals surface area contributed by atoms with Gasteiger partial charge in [0, 0.05) is 0 Å². The van der Waals surface area contributed by atoms with Crippen LogP contribution < -0.4 is 0 Å². The van der Waals surface area contributed by atoms with Gasteiger partial charge in [0.15, 0.2) is 5.17 Å². The Morgan fingerprint density at radius 2 is 2.21 bits per heavy atom. The number of amidine groups is 1. The van der Waals surface area contributed by atoms with Crippen molar-refractivity contribution in [1.29, 1.82) is 0 Å². The van der Waals surface area contributed by atoms with Crippen molar-refractivity contribution in [3.8, 4) is 0 Å². The smallest absolute Gasteiger partial charge is 0.338 e. The van der Waals surface area contributed by atoms with E-state index in [9.17, 15) is 14.0 Å². The summed E-state index contributed by atoms with van der Waals surface area (Å²) in [5, 5.41) is 0.302. The molecule has 0 aromatic heterocycles. The molecule has 2 heterocycles. The second-order valence-corrected chi connectivity index (χ2v) is 6.74. The van der Waals surface area contributed by atoms with Crippen molar-refractivity contribution < 1.29 is 18.7 Å². The molecule has 0 spiro atoms. The van der Waals surface area contributed by atoms with Crippen LogP contribution in [0.4, 0.5) is 4.39 Å². The maximum Gasteiger partial charge on any atom is 0.338 e. The zero-order valence-electron chi connectivity index (χ0n) is 13.6. The molecular formula is C17H17FN2O3S. The van der Waals surface area contributed by atoms with Crippen LogP contribution in [-0.2, 0) is 14.3 Å². The van der Waals surface area contributed by atoms with E-state index in [1.807, 2.05) is 6.92 Å². The van der Waals surface area contributed by atoms with Gasteiger partial charge in [-0.2, -0.15) is 0 Å². The number of allylic oxidation sites excluding steroid dienone is 1. The van der Waals surface area contributed by atoms with Crippen LogP contribution in [-0.4, -0.2) is 34.3 Å². The molecule has 0 bridgehead atoms. The van der Waals surface area contributed by atoms with Gasteiger partial charge in [0.1, 0.15) is 5.82 Å². The standard InChI is InChI=1S/C17H17FN2O3S/c1-4-12-15(21)20-14(10-6-5-7-11(18)8-10)13(16(22)23-3)9(2)19-17(20)24-12/h5-8,12,14H,4H2,1-3H3/t12-,14+/m1/s1. The number of ether oxygens (including phenoxy) is 1. The number of aliphatic imine (C=N–C) groups is 1. The van der Waals surface area contributed by atoms with Crippen molar-refractivity contribution in [2.45, 2.75) is 31.6 Å². The Kier molecular flexibility index (Phi) is 4.45. The number of hydrogen-bond donors (Lipinski definition) is 0. The van der Waals surface area contributed by atoms with Crippen molar-refractivity contribution in [3.63, 3.8) is 0 Å². The zero-order valence-corrected chi connectivity index (χ0v) is 14.4. The monoisotopic (exact) mass is 348 g/mol. The highest BCUT2D eigenvalue weighted by atomic mass is 32.2. The molecule has 0 N–H and O–H groups in total. The highest BCUT2D eigenvalue weighted by molar-refractivity contribution is 8.15. The van der Waals surface area contributed by atoms with Gasteiger partial charge in [-0.1, -0.05) is 30.8 Å². The van der Waals surface area contributed by atoms with Crippen LogP contribution in [0.3, 0.4) is 0 Å². The van der Waals surface area contributed by atoms with Crippen LogP contribution in [0.5, 0.6) is 0 Å². The van der Waals surface area contributed by atoms with Gasteiger partial charge in [-0.15, -0.1) is 0 Å². The van der Waals surface area contributed by atoms with Crippen molar-refractivity contribution >= 4 is 28.8 Å². The first kappa shape index (κ1) is 16.7. The van der Waals surface area contributed by atoms with E-state index < -0.39 is 17.8 Å². The lowest BCUT2D eigenvalue weighted by Gasteiger charge is -2.32. The lowest BCUT2D eigenvalue weighted by molar-refractivity contribution is -0.137. The fourth-order valence-corrected chi connectivity index (χ4v) is 4.09. The number of nitrogens with zero attached hydrogens (tertiary/aromatic N) is 2. The Labute approximate surface area is 143 Å². The number of methoxy groups -OCH3 is 1. The lowest BCUT2D eigenvalue weighted by atomic mass is 9.94. The average molecular weight is 348 g/mol. The molecule has 126 valence electrons. The molecule has 1 saturated heterocycles. The molecular weight excluding hydrogens is 331 g/mol. The van der Waals surface area contributed by atoms with Crippen LogP contribution in [0.1, 0.15) is 31.9 Å². The van der Waals surface area contributed by atoms with Crippen LogP contribution in [0.25, 0.3) is 0 Å². The number of carbonyl (C=O) groups is 2. The van der Waals surface area contributed by atoms with E-state index in [-0.39, 0.29) is 16.7 Å². The minimum atomic E-state index is -0.725. The van der Waals surface area contributed by atoms with E-state index in [0.29, 0.717) is 22.8 Å². The van der Waals surface area contributed by atoms with Gasteiger partial charge in [0.25, 0.3) is 0 Å². The molecule has 0 saturated carbocycles. The normalized spacial score (nSPS) is 23.2. The fourth-order valence-electron chi connectivity index (χ4n) is 2.95. The average Bonchev–Trinajstić information content (AvgIpc) is 2.88. The van der Waals surface area contributed by atoms with Crippen molar-refractivity contribution in [1.82, 2.24) is 4.90 Å². The summed E-state index contributed by atoms with van der Waals surface area (Å²) in [6, 6.07) is 5.19. The molecule has 1 fully saturated rings.